The van der Waals surface area contributed by atoms with Crippen LogP contribution in [0.2, 0.25) is 0 Å². The first-order valence-corrected chi connectivity index (χ1v) is 7.43. The van der Waals surface area contributed by atoms with Gasteiger partial charge in [0.2, 0.25) is 5.91 Å². The van der Waals surface area contributed by atoms with Crippen molar-refractivity contribution in [3.05, 3.63) is 0 Å². The fourth-order valence-electron chi connectivity index (χ4n) is 2.66. The lowest BCUT2D eigenvalue weighted by molar-refractivity contribution is -0.134. The van der Waals surface area contributed by atoms with Crippen LogP contribution in [0.25, 0.3) is 0 Å². The first-order valence-electron chi connectivity index (χ1n) is 7.43. The quantitative estimate of drug-likeness (QED) is 0.654. The summed E-state index contributed by atoms with van der Waals surface area (Å²) in [5, 5.41) is 12.6. The highest BCUT2D eigenvalue weighted by atomic mass is 16.3. The maximum absolute atomic E-state index is 12.1. The fraction of sp³-hybridized carbons (Fsp3) is 0.929. The largest absolute Gasteiger partial charge is 0.392 e. The number of nitrogens with one attached hydrogen (secondary N) is 1. The van der Waals surface area contributed by atoms with Gasteiger partial charge in [0, 0.05) is 38.6 Å². The van der Waals surface area contributed by atoms with Crippen molar-refractivity contribution < 1.29 is 9.90 Å². The molecule has 1 amide bonds. The molecule has 0 aromatic heterocycles. The van der Waals surface area contributed by atoms with E-state index in [1.807, 2.05) is 18.9 Å². The highest BCUT2D eigenvalue weighted by Gasteiger charge is 2.28. The van der Waals surface area contributed by atoms with Crippen molar-refractivity contribution in [2.24, 2.45) is 0 Å². The van der Waals surface area contributed by atoms with Crippen LogP contribution in [0.1, 0.15) is 33.1 Å². The molecule has 1 rings (SSSR count). The second-order valence-corrected chi connectivity index (χ2v) is 5.45. The van der Waals surface area contributed by atoms with Gasteiger partial charge in [-0.25, -0.2) is 0 Å². The van der Waals surface area contributed by atoms with Gasteiger partial charge in [-0.3, -0.25) is 9.69 Å². The molecule has 1 saturated heterocycles. The van der Waals surface area contributed by atoms with Crippen molar-refractivity contribution in [3.63, 3.8) is 0 Å². The maximum Gasteiger partial charge on any atom is 0.222 e. The van der Waals surface area contributed by atoms with Crippen molar-refractivity contribution in [2.75, 3.05) is 39.8 Å². The van der Waals surface area contributed by atoms with Crippen LogP contribution in [-0.2, 0) is 4.79 Å². The van der Waals surface area contributed by atoms with Crippen LogP contribution in [0.5, 0.6) is 0 Å². The normalized spacial score (nSPS) is 22.5. The Bertz CT molecular complexity index is 271. The first kappa shape index (κ1) is 16.4. The summed E-state index contributed by atoms with van der Waals surface area (Å²) in [7, 11) is 1.91. The molecule has 5 nitrogen and oxygen atoms in total. The number of rotatable bonds is 7. The van der Waals surface area contributed by atoms with E-state index in [0.717, 1.165) is 39.0 Å². The molecule has 0 aliphatic carbocycles. The molecule has 112 valence electrons. The number of hydrogen-bond acceptors (Lipinski definition) is 4. The summed E-state index contributed by atoms with van der Waals surface area (Å²) in [6.45, 7) is 8.05. The zero-order chi connectivity index (χ0) is 14.3. The molecule has 1 aliphatic rings. The summed E-state index contributed by atoms with van der Waals surface area (Å²) < 4.78 is 0. The van der Waals surface area contributed by atoms with Crippen LogP contribution in [0.4, 0.5) is 0 Å². The molecular formula is C14H29N3O2. The van der Waals surface area contributed by atoms with Crippen LogP contribution in [0.3, 0.4) is 0 Å². The van der Waals surface area contributed by atoms with Gasteiger partial charge in [0.15, 0.2) is 0 Å². The number of β-amino-alcohol motifs (C(OH)–C–C–N with tert-alkyl or cyclic N) is 1. The highest BCUT2D eigenvalue weighted by Crippen LogP contribution is 2.14. The second-order valence-electron chi connectivity index (χ2n) is 5.45. The van der Waals surface area contributed by atoms with Gasteiger partial charge in [0.05, 0.1) is 6.10 Å². The Balaban J connectivity index is 2.42. The molecule has 1 heterocycles. The Morgan fingerprint density at radius 2 is 2.21 bits per heavy atom. The molecule has 1 fully saturated rings. The topological polar surface area (TPSA) is 55.8 Å². The first-order chi connectivity index (χ1) is 9.08. The summed E-state index contributed by atoms with van der Waals surface area (Å²) >= 11 is 0. The number of nitrogens with zero attached hydrogens (tertiary/aromatic N) is 2. The molecule has 5 heteroatoms. The van der Waals surface area contributed by atoms with E-state index in [1.54, 1.807) is 0 Å². The van der Waals surface area contributed by atoms with E-state index >= 15 is 0 Å². The molecule has 0 radical (unpaired) electrons. The Morgan fingerprint density at radius 1 is 1.47 bits per heavy atom. The SMILES string of the molecule is CCC1CN(C(=O)CCCNC)CCN1CC(C)O. The molecule has 0 aromatic rings. The lowest BCUT2D eigenvalue weighted by Crippen LogP contribution is -2.55. The van der Waals surface area contributed by atoms with Crippen molar-refractivity contribution in [2.45, 2.75) is 45.3 Å². The van der Waals surface area contributed by atoms with Crippen molar-refractivity contribution in [3.8, 4) is 0 Å². The zero-order valence-electron chi connectivity index (χ0n) is 12.6. The van der Waals surface area contributed by atoms with E-state index in [2.05, 4.69) is 17.1 Å². The van der Waals surface area contributed by atoms with Crippen LogP contribution in [0, 0.1) is 0 Å². The molecule has 2 atom stereocenters. The minimum atomic E-state index is -0.299. The number of piperazine rings is 1. The number of carbonyl (C=O) groups is 1. The molecule has 0 spiro atoms. The van der Waals surface area contributed by atoms with Crippen molar-refractivity contribution >= 4 is 5.91 Å². The minimum Gasteiger partial charge on any atom is -0.392 e. The molecule has 1 aliphatic heterocycles. The predicted molar refractivity (Wildman–Crippen MR) is 77.1 cm³/mol. The Labute approximate surface area is 117 Å². The molecule has 2 N–H and O–H groups in total. The van der Waals surface area contributed by atoms with Gasteiger partial charge in [-0.15, -0.1) is 0 Å². The predicted octanol–water partition coefficient (Wildman–Crippen LogP) is 0.290. The van der Waals surface area contributed by atoms with Gasteiger partial charge in [0.25, 0.3) is 0 Å². The molecule has 0 aromatic carbocycles. The second kappa shape index (κ2) is 8.51. The third kappa shape index (κ3) is 5.47. The molecule has 0 saturated carbocycles. The van der Waals surface area contributed by atoms with E-state index < -0.39 is 0 Å². The number of aliphatic hydroxyl groups is 1. The summed E-state index contributed by atoms with van der Waals surface area (Å²) in [5.41, 5.74) is 0. The number of carbonyl (C=O) groups excluding carboxylic acids is 1. The lowest BCUT2D eigenvalue weighted by Gasteiger charge is -2.41. The average molecular weight is 271 g/mol. The summed E-state index contributed by atoms with van der Waals surface area (Å²) in [4.78, 5) is 16.4. The minimum absolute atomic E-state index is 0.269. The zero-order valence-corrected chi connectivity index (χ0v) is 12.6. The van der Waals surface area contributed by atoms with Crippen LogP contribution >= 0.6 is 0 Å². The Kier molecular flexibility index (Phi) is 7.34. The third-order valence-electron chi connectivity index (χ3n) is 3.74. The van der Waals surface area contributed by atoms with E-state index in [4.69, 9.17) is 0 Å². The lowest BCUT2D eigenvalue weighted by atomic mass is 10.1. The maximum atomic E-state index is 12.1. The van der Waals surface area contributed by atoms with Gasteiger partial charge in [-0.05, 0) is 33.4 Å². The van der Waals surface area contributed by atoms with E-state index in [0.29, 0.717) is 19.0 Å². The third-order valence-corrected chi connectivity index (χ3v) is 3.74. The van der Waals surface area contributed by atoms with Crippen LogP contribution < -0.4 is 5.32 Å². The number of aliphatic hydroxyl groups excluding tert-OH is 1. The van der Waals surface area contributed by atoms with Crippen molar-refractivity contribution in [1.29, 1.82) is 0 Å². The molecule has 0 bridgehead atoms. The smallest absolute Gasteiger partial charge is 0.222 e. The van der Waals surface area contributed by atoms with Crippen LogP contribution in [0.15, 0.2) is 0 Å². The molecular weight excluding hydrogens is 242 g/mol. The molecule has 2 unspecified atom stereocenters. The van der Waals surface area contributed by atoms with Gasteiger partial charge in [-0.2, -0.15) is 0 Å². The Hall–Kier alpha value is -0.650. The monoisotopic (exact) mass is 271 g/mol. The van der Waals surface area contributed by atoms with E-state index in [9.17, 15) is 9.90 Å². The summed E-state index contributed by atoms with van der Waals surface area (Å²) in [6.07, 6.45) is 2.26. The van der Waals surface area contributed by atoms with Crippen LogP contribution in [-0.4, -0.2) is 72.7 Å². The summed E-state index contributed by atoms with van der Waals surface area (Å²) in [5.74, 6) is 0.269. The number of hydrogen-bond donors (Lipinski definition) is 2. The van der Waals surface area contributed by atoms with Gasteiger partial charge in [0.1, 0.15) is 0 Å². The van der Waals surface area contributed by atoms with Crippen molar-refractivity contribution in [1.82, 2.24) is 15.1 Å². The Morgan fingerprint density at radius 3 is 2.79 bits per heavy atom. The fourth-order valence-corrected chi connectivity index (χ4v) is 2.66. The average Bonchev–Trinajstić information content (AvgIpc) is 2.38. The van der Waals surface area contributed by atoms with E-state index in [-0.39, 0.29) is 12.0 Å². The molecule has 19 heavy (non-hydrogen) atoms. The van der Waals surface area contributed by atoms with Gasteiger partial charge < -0.3 is 15.3 Å². The number of amides is 1. The van der Waals surface area contributed by atoms with E-state index in [1.165, 1.54) is 0 Å². The standard InChI is InChI=1S/C14H29N3O2/c1-4-13-11-17(14(19)6-5-7-15-3)9-8-16(13)10-12(2)18/h12-13,15,18H,4-11H2,1-3H3. The summed E-state index contributed by atoms with van der Waals surface area (Å²) in [6, 6.07) is 0.386. The van der Waals surface area contributed by atoms with Gasteiger partial charge in [-0.1, -0.05) is 6.92 Å². The van der Waals surface area contributed by atoms with Gasteiger partial charge >= 0.3 is 0 Å². The highest BCUT2D eigenvalue weighted by molar-refractivity contribution is 5.76.